The van der Waals surface area contributed by atoms with Gasteiger partial charge >= 0.3 is 0 Å². The number of phenols is 1. The molecule has 3 aromatic carbocycles. The van der Waals surface area contributed by atoms with Crippen molar-refractivity contribution in [2.45, 2.75) is 53.4 Å². The number of nitrogen functional groups attached to an aromatic ring is 1. The second kappa shape index (κ2) is 9.62. The van der Waals surface area contributed by atoms with Gasteiger partial charge in [0, 0.05) is 11.9 Å². The van der Waals surface area contributed by atoms with Crippen molar-refractivity contribution in [2.24, 2.45) is 4.99 Å². The van der Waals surface area contributed by atoms with Crippen LogP contribution in [0.2, 0.25) is 0 Å². The predicted octanol–water partition coefficient (Wildman–Crippen LogP) is 6.31. The molecule has 0 aliphatic rings. The number of aliphatic imine (C=N–C) groups is 1. The summed E-state index contributed by atoms with van der Waals surface area (Å²) in [7, 11) is 0. The summed E-state index contributed by atoms with van der Waals surface area (Å²) in [5.74, 6) is 0.253. The summed E-state index contributed by atoms with van der Waals surface area (Å²) in [6, 6.07) is 16.2. The van der Waals surface area contributed by atoms with Crippen LogP contribution in [-0.4, -0.2) is 11.3 Å². The number of aryl methyl sites for hydroxylation is 4. The number of hydrogen-bond donors (Lipinski definition) is 2. The summed E-state index contributed by atoms with van der Waals surface area (Å²) >= 11 is 0. The van der Waals surface area contributed by atoms with E-state index in [1.807, 2.05) is 18.3 Å². The number of aromatic hydroxyl groups is 1. The van der Waals surface area contributed by atoms with Crippen LogP contribution in [0.25, 0.3) is 0 Å². The summed E-state index contributed by atoms with van der Waals surface area (Å²) in [6.45, 7) is 8.61. The normalized spacial score (nSPS) is 11.3. The summed E-state index contributed by atoms with van der Waals surface area (Å²) in [6.07, 6.45) is 5.54. The Hall–Kier alpha value is -3.07. The quantitative estimate of drug-likeness (QED) is 0.360. The summed E-state index contributed by atoms with van der Waals surface area (Å²) < 4.78 is 0. The van der Waals surface area contributed by atoms with Gasteiger partial charge in [-0.25, -0.2) is 0 Å². The van der Waals surface area contributed by atoms with Crippen LogP contribution >= 0.6 is 0 Å². The molecule has 156 valence electrons. The van der Waals surface area contributed by atoms with E-state index in [4.69, 9.17) is 10.7 Å². The average molecular weight is 401 g/mol. The molecular formula is C27H32N2O. The lowest BCUT2D eigenvalue weighted by Gasteiger charge is -2.14. The molecule has 30 heavy (non-hydrogen) atoms. The van der Waals surface area contributed by atoms with Crippen LogP contribution in [0.3, 0.4) is 0 Å². The maximum absolute atomic E-state index is 9.66. The number of nitrogens with zero attached hydrogens (tertiary/aromatic N) is 1. The maximum atomic E-state index is 9.66. The highest BCUT2D eigenvalue weighted by Gasteiger charge is 2.10. The van der Waals surface area contributed by atoms with Crippen molar-refractivity contribution in [3.63, 3.8) is 0 Å². The lowest BCUT2D eigenvalue weighted by Crippen LogP contribution is -2.02. The maximum Gasteiger partial charge on any atom is 0.116 e. The minimum Gasteiger partial charge on any atom is -0.508 e. The summed E-state index contributed by atoms with van der Waals surface area (Å²) in [5, 5.41) is 9.66. The van der Waals surface area contributed by atoms with Crippen molar-refractivity contribution in [3.05, 3.63) is 87.5 Å². The van der Waals surface area contributed by atoms with Gasteiger partial charge in [0.1, 0.15) is 5.75 Å². The molecule has 3 heteroatoms. The highest BCUT2D eigenvalue weighted by atomic mass is 16.3. The smallest absolute Gasteiger partial charge is 0.116 e. The van der Waals surface area contributed by atoms with Gasteiger partial charge in [-0.15, -0.1) is 0 Å². The van der Waals surface area contributed by atoms with Crippen molar-refractivity contribution in [1.82, 2.24) is 0 Å². The Morgan fingerprint density at radius 1 is 0.867 bits per heavy atom. The molecule has 3 N–H and O–H groups in total. The molecule has 3 rings (SSSR count). The number of rotatable bonds is 7. The van der Waals surface area contributed by atoms with Crippen LogP contribution in [-0.2, 0) is 25.7 Å². The first-order valence-corrected chi connectivity index (χ1v) is 10.8. The largest absolute Gasteiger partial charge is 0.508 e. The van der Waals surface area contributed by atoms with Gasteiger partial charge in [-0.3, -0.25) is 4.99 Å². The minimum atomic E-state index is 0.253. The zero-order chi connectivity index (χ0) is 21.7. The number of hydrogen-bond acceptors (Lipinski definition) is 3. The van der Waals surface area contributed by atoms with E-state index in [-0.39, 0.29) is 5.75 Å². The van der Waals surface area contributed by atoms with Crippen LogP contribution in [0.5, 0.6) is 5.75 Å². The van der Waals surface area contributed by atoms with Crippen molar-refractivity contribution in [1.29, 1.82) is 0 Å². The molecule has 0 aliphatic heterocycles. The van der Waals surface area contributed by atoms with E-state index in [1.165, 1.54) is 33.4 Å². The van der Waals surface area contributed by atoms with E-state index in [0.717, 1.165) is 42.6 Å². The molecule has 0 aromatic heterocycles. The van der Waals surface area contributed by atoms with E-state index >= 15 is 0 Å². The van der Waals surface area contributed by atoms with Crippen molar-refractivity contribution in [3.8, 4) is 5.75 Å². The average Bonchev–Trinajstić information content (AvgIpc) is 2.73. The molecule has 0 unspecified atom stereocenters. The third kappa shape index (κ3) is 4.91. The molecule has 0 saturated carbocycles. The van der Waals surface area contributed by atoms with Gasteiger partial charge in [0.25, 0.3) is 0 Å². The molecule has 0 aliphatic carbocycles. The van der Waals surface area contributed by atoms with Crippen molar-refractivity contribution in [2.75, 3.05) is 5.73 Å². The van der Waals surface area contributed by atoms with E-state index in [1.54, 1.807) is 12.1 Å². The summed E-state index contributed by atoms with van der Waals surface area (Å²) in [4.78, 5) is 4.75. The van der Waals surface area contributed by atoms with Gasteiger partial charge in [0.2, 0.25) is 0 Å². The molecular weight excluding hydrogens is 368 g/mol. The second-order valence-electron chi connectivity index (χ2n) is 7.84. The molecule has 3 aromatic rings. The third-order valence-corrected chi connectivity index (χ3v) is 5.61. The lowest BCUT2D eigenvalue weighted by atomic mass is 9.93. The second-order valence-corrected chi connectivity index (χ2v) is 7.84. The first-order chi connectivity index (χ1) is 14.4. The fourth-order valence-electron chi connectivity index (χ4n) is 4.01. The van der Waals surface area contributed by atoms with Gasteiger partial charge in [0.15, 0.2) is 0 Å². The molecule has 0 amide bonds. The number of benzene rings is 3. The molecule has 0 bridgehead atoms. The van der Waals surface area contributed by atoms with Gasteiger partial charge in [-0.05, 0) is 83.7 Å². The third-order valence-electron chi connectivity index (χ3n) is 5.61. The van der Waals surface area contributed by atoms with Crippen LogP contribution in [0, 0.1) is 6.92 Å². The minimum absolute atomic E-state index is 0.253. The van der Waals surface area contributed by atoms with Crippen LogP contribution < -0.4 is 5.73 Å². The Morgan fingerprint density at radius 3 is 2.07 bits per heavy atom. The number of phenolic OH excluding ortho intramolecular Hbond substituents is 1. The fraction of sp³-hybridized carbons (Fsp3) is 0.296. The van der Waals surface area contributed by atoms with Gasteiger partial charge in [0.05, 0.1) is 5.69 Å². The Bertz CT molecular complexity index is 1040. The van der Waals surface area contributed by atoms with Gasteiger partial charge < -0.3 is 10.8 Å². The molecule has 0 heterocycles. The molecule has 0 spiro atoms. The molecule has 0 saturated heterocycles. The Kier molecular flexibility index (Phi) is 6.94. The number of anilines is 1. The van der Waals surface area contributed by atoms with E-state index < -0.39 is 0 Å². The topological polar surface area (TPSA) is 58.6 Å². The molecule has 0 atom stereocenters. The lowest BCUT2D eigenvalue weighted by molar-refractivity contribution is 0.475. The van der Waals surface area contributed by atoms with Crippen LogP contribution in [0.4, 0.5) is 11.4 Å². The standard InChI is InChI=1S/C27H32N2O/c1-5-22-13-21(14-23(6-2)26(22)28)12-20-11-18(4)27(24(7-3)15-20)29-17-19-9-8-10-25(30)16-19/h8-11,13-17,30H,5-7,12,28H2,1-4H3. The molecule has 3 nitrogen and oxygen atoms in total. The van der Waals surface area contributed by atoms with E-state index in [9.17, 15) is 5.11 Å². The predicted molar refractivity (Wildman–Crippen MR) is 128 cm³/mol. The Morgan fingerprint density at radius 2 is 1.47 bits per heavy atom. The van der Waals surface area contributed by atoms with Crippen LogP contribution in [0.1, 0.15) is 59.7 Å². The number of nitrogens with two attached hydrogens (primary N) is 1. The van der Waals surface area contributed by atoms with Gasteiger partial charge in [-0.1, -0.05) is 57.2 Å². The zero-order valence-corrected chi connectivity index (χ0v) is 18.5. The first kappa shape index (κ1) is 21.6. The van der Waals surface area contributed by atoms with E-state index in [0.29, 0.717) is 0 Å². The van der Waals surface area contributed by atoms with E-state index in [2.05, 4.69) is 52.0 Å². The van der Waals surface area contributed by atoms with Crippen LogP contribution in [0.15, 0.2) is 53.5 Å². The SMILES string of the molecule is CCc1cc(Cc2cc(C)c(N=Cc3cccc(O)c3)c(CC)c2)cc(CC)c1N. The summed E-state index contributed by atoms with van der Waals surface area (Å²) in [5.41, 5.74) is 16.7. The Balaban J connectivity index is 1.92. The first-order valence-electron chi connectivity index (χ1n) is 10.8. The van der Waals surface area contributed by atoms with Crippen molar-refractivity contribution >= 4 is 17.6 Å². The zero-order valence-electron chi connectivity index (χ0n) is 18.5. The van der Waals surface area contributed by atoms with Gasteiger partial charge in [-0.2, -0.15) is 0 Å². The monoisotopic (exact) mass is 400 g/mol. The highest BCUT2D eigenvalue weighted by Crippen LogP contribution is 2.29. The Labute approximate surface area is 180 Å². The highest BCUT2D eigenvalue weighted by molar-refractivity contribution is 5.83. The molecule has 0 radical (unpaired) electrons. The molecule has 0 fully saturated rings. The fourth-order valence-corrected chi connectivity index (χ4v) is 4.01. The van der Waals surface area contributed by atoms with Crippen molar-refractivity contribution < 1.29 is 5.11 Å².